The number of amides is 1. The van der Waals surface area contributed by atoms with E-state index in [9.17, 15) is 31.6 Å². The summed E-state index contributed by atoms with van der Waals surface area (Å²) in [6.45, 7) is 1.01. The molecule has 0 aliphatic carbocycles. The number of rotatable bonds is 8. The molecular formula is C22H26F3N3O5S. The molecule has 2 N–H and O–H groups in total. The van der Waals surface area contributed by atoms with Crippen molar-refractivity contribution in [3.63, 3.8) is 0 Å². The molecule has 0 spiro atoms. The van der Waals surface area contributed by atoms with Crippen LogP contribution in [0.25, 0.3) is 0 Å². The van der Waals surface area contributed by atoms with Crippen LogP contribution in [0.2, 0.25) is 0 Å². The Hall–Kier alpha value is -2.83. The van der Waals surface area contributed by atoms with Crippen molar-refractivity contribution in [3.8, 4) is 11.5 Å². The molecule has 1 atom stereocenters. The van der Waals surface area contributed by atoms with Gasteiger partial charge in [-0.05, 0) is 74.5 Å². The Labute approximate surface area is 195 Å². The minimum Gasteiger partial charge on any atom is -0.457 e. The molecule has 186 valence electrons. The number of nitrogens with zero attached hydrogens (tertiary/aromatic N) is 2. The first kappa shape index (κ1) is 25.8. The van der Waals surface area contributed by atoms with E-state index in [0.717, 1.165) is 42.0 Å². The molecule has 1 heterocycles. The highest BCUT2D eigenvalue weighted by atomic mass is 32.2. The second-order valence-electron chi connectivity index (χ2n) is 8.00. The number of alkyl halides is 3. The monoisotopic (exact) mass is 501 g/mol. The van der Waals surface area contributed by atoms with Crippen molar-refractivity contribution in [3.05, 3.63) is 54.1 Å². The van der Waals surface area contributed by atoms with Crippen molar-refractivity contribution in [1.29, 1.82) is 0 Å². The van der Waals surface area contributed by atoms with Gasteiger partial charge in [0, 0.05) is 0 Å². The highest BCUT2D eigenvalue weighted by molar-refractivity contribution is 7.92. The summed E-state index contributed by atoms with van der Waals surface area (Å²) in [5.74, 6) is -0.221. The summed E-state index contributed by atoms with van der Waals surface area (Å²) in [6, 6.07) is 9.22. The molecule has 1 aliphatic rings. The van der Waals surface area contributed by atoms with Crippen LogP contribution >= 0.6 is 0 Å². The summed E-state index contributed by atoms with van der Waals surface area (Å²) < 4.78 is 69.8. The number of ether oxygens (including phenoxy) is 1. The molecule has 0 radical (unpaired) electrons. The van der Waals surface area contributed by atoms with E-state index in [1.807, 2.05) is 4.90 Å². The summed E-state index contributed by atoms with van der Waals surface area (Å²) in [6.07, 6.45) is -0.688. The maximum absolute atomic E-state index is 12.7. The van der Waals surface area contributed by atoms with Crippen LogP contribution in [0.4, 0.5) is 18.9 Å². The second kappa shape index (κ2) is 10.6. The summed E-state index contributed by atoms with van der Waals surface area (Å²) in [5, 5.41) is 9.19. The van der Waals surface area contributed by atoms with Crippen LogP contribution < -0.4 is 14.5 Å². The van der Waals surface area contributed by atoms with E-state index in [1.165, 1.54) is 36.4 Å². The minimum atomic E-state index is -4.45. The Morgan fingerprint density at radius 2 is 1.59 bits per heavy atom. The lowest BCUT2D eigenvalue weighted by Gasteiger charge is -2.36. The summed E-state index contributed by atoms with van der Waals surface area (Å²) in [7, 11) is -3.79. The molecule has 8 nitrogen and oxygen atoms in total. The highest BCUT2D eigenvalue weighted by Gasteiger charge is 2.32. The van der Waals surface area contributed by atoms with E-state index in [4.69, 9.17) is 4.74 Å². The number of nitrogens with one attached hydrogen (secondary N) is 1. The fourth-order valence-electron chi connectivity index (χ4n) is 3.79. The number of halogens is 3. The van der Waals surface area contributed by atoms with Crippen LogP contribution in [-0.4, -0.2) is 56.4 Å². The van der Waals surface area contributed by atoms with E-state index in [0.29, 0.717) is 13.1 Å². The zero-order valence-electron chi connectivity index (χ0n) is 18.5. The van der Waals surface area contributed by atoms with Gasteiger partial charge in [0.25, 0.3) is 5.91 Å². The molecule has 12 heteroatoms. The number of hydroxylamine groups is 1. The molecule has 1 amide bonds. The zero-order chi connectivity index (χ0) is 24.9. The van der Waals surface area contributed by atoms with Gasteiger partial charge in [-0.25, -0.2) is 13.9 Å². The Kier molecular flexibility index (Phi) is 8.05. The molecule has 34 heavy (non-hydrogen) atoms. The highest BCUT2D eigenvalue weighted by Crippen LogP contribution is 2.32. The first-order chi connectivity index (χ1) is 16.0. The number of hydrogen-bond donors (Lipinski definition) is 2. The Balaban J connectivity index is 1.78. The van der Waals surface area contributed by atoms with Gasteiger partial charge >= 0.3 is 6.18 Å². The zero-order valence-corrected chi connectivity index (χ0v) is 19.3. The average Bonchev–Trinajstić information content (AvgIpc) is 2.79. The van der Waals surface area contributed by atoms with Crippen molar-refractivity contribution >= 4 is 21.6 Å². The first-order valence-corrected chi connectivity index (χ1v) is 12.4. The molecule has 2 aromatic carbocycles. The molecule has 0 saturated carbocycles. The number of likely N-dealkylation sites (tertiary alicyclic amines) is 1. The van der Waals surface area contributed by atoms with Crippen LogP contribution in [0.15, 0.2) is 48.5 Å². The second-order valence-corrected chi connectivity index (χ2v) is 9.91. The number of benzene rings is 2. The molecule has 2 aromatic rings. The summed E-state index contributed by atoms with van der Waals surface area (Å²) in [4.78, 5) is 14.2. The average molecular weight is 502 g/mol. The fraction of sp³-hybridized carbons (Fsp3) is 0.409. The first-order valence-electron chi connectivity index (χ1n) is 10.6. The van der Waals surface area contributed by atoms with Gasteiger partial charge in [-0.1, -0.05) is 6.42 Å². The van der Waals surface area contributed by atoms with Gasteiger partial charge in [0.1, 0.15) is 17.5 Å². The molecule has 0 unspecified atom stereocenters. The van der Waals surface area contributed by atoms with Crippen molar-refractivity contribution in [2.45, 2.75) is 31.5 Å². The molecular weight excluding hydrogens is 475 g/mol. The SMILES string of the molecule is CS(=O)(=O)N(C[C@@H](C(=O)NO)N1CCCCC1)c1ccc(Oc2ccc(C(F)(F)F)cc2)cc1. The molecule has 1 fully saturated rings. The third-order valence-electron chi connectivity index (χ3n) is 5.53. The van der Waals surface area contributed by atoms with E-state index in [-0.39, 0.29) is 23.7 Å². The maximum Gasteiger partial charge on any atom is 0.416 e. The van der Waals surface area contributed by atoms with Gasteiger partial charge in [0.05, 0.1) is 24.1 Å². The van der Waals surface area contributed by atoms with E-state index in [2.05, 4.69) is 0 Å². The maximum atomic E-state index is 12.7. The lowest BCUT2D eigenvalue weighted by atomic mass is 10.1. The minimum absolute atomic E-state index is 0.186. The van der Waals surface area contributed by atoms with Crippen LogP contribution in [0.1, 0.15) is 24.8 Å². The largest absolute Gasteiger partial charge is 0.457 e. The quantitative estimate of drug-likeness (QED) is 0.424. The fourth-order valence-corrected chi connectivity index (χ4v) is 4.70. The van der Waals surface area contributed by atoms with Gasteiger partial charge in [-0.2, -0.15) is 13.2 Å². The number of sulfonamides is 1. The van der Waals surface area contributed by atoms with Gasteiger partial charge in [-0.3, -0.25) is 19.2 Å². The Morgan fingerprint density at radius 3 is 2.06 bits per heavy atom. The van der Waals surface area contributed by atoms with Gasteiger partial charge < -0.3 is 4.74 Å². The predicted molar refractivity (Wildman–Crippen MR) is 119 cm³/mol. The third kappa shape index (κ3) is 6.61. The van der Waals surface area contributed by atoms with Crippen LogP contribution in [-0.2, 0) is 21.0 Å². The number of anilines is 1. The van der Waals surface area contributed by atoms with Gasteiger partial charge in [-0.15, -0.1) is 0 Å². The standard InChI is InChI=1S/C22H26F3N3O5S/c1-34(31,32)28(15-20(21(29)26-30)27-13-3-2-4-14-27)17-7-11-19(12-8-17)33-18-9-5-16(6-10-18)22(23,24)25/h5-12,20,30H,2-4,13-15H2,1H3,(H,26,29)/t20-/m0/s1. The topological polar surface area (TPSA) is 99.2 Å². The molecule has 1 saturated heterocycles. The normalized spacial score (nSPS) is 16.0. The van der Waals surface area contributed by atoms with Crippen molar-refractivity contribution in [1.82, 2.24) is 10.4 Å². The van der Waals surface area contributed by atoms with Crippen LogP contribution in [0.5, 0.6) is 11.5 Å². The van der Waals surface area contributed by atoms with Crippen LogP contribution in [0, 0.1) is 0 Å². The smallest absolute Gasteiger partial charge is 0.416 e. The Morgan fingerprint density at radius 1 is 1.06 bits per heavy atom. The third-order valence-corrected chi connectivity index (χ3v) is 6.69. The molecule has 0 bridgehead atoms. The lowest BCUT2D eigenvalue weighted by molar-refractivity contribution is -0.137. The molecule has 3 rings (SSSR count). The molecule has 1 aliphatic heterocycles. The van der Waals surface area contributed by atoms with Crippen LogP contribution in [0.3, 0.4) is 0 Å². The number of carbonyl (C=O) groups excluding carboxylic acids is 1. The number of carbonyl (C=O) groups is 1. The van der Waals surface area contributed by atoms with Gasteiger partial charge in [0.15, 0.2) is 0 Å². The summed E-state index contributed by atoms with van der Waals surface area (Å²) >= 11 is 0. The van der Waals surface area contributed by atoms with Crippen molar-refractivity contribution < 1.29 is 36.3 Å². The predicted octanol–water partition coefficient (Wildman–Crippen LogP) is 3.62. The van der Waals surface area contributed by atoms with E-state index >= 15 is 0 Å². The van der Waals surface area contributed by atoms with Crippen molar-refractivity contribution in [2.75, 3.05) is 30.2 Å². The lowest BCUT2D eigenvalue weighted by Crippen LogP contribution is -2.54. The van der Waals surface area contributed by atoms with E-state index in [1.54, 1.807) is 5.48 Å². The van der Waals surface area contributed by atoms with Crippen molar-refractivity contribution in [2.24, 2.45) is 0 Å². The molecule has 0 aromatic heterocycles. The number of hydrogen-bond acceptors (Lipinski definition) is 6. The summed E-state index contributed by atoms with van der Waals surface area (Å²) in [5.41, 5.74) is 1.10. The number of piperidine rings is 1. The van der Waals surface area contributed by atoms with E-state index < -0.39 is 33.7 Å². The Bertz CT molecular complexity index is 1070. The van der Waals surface area contributed by atoms with Gasteiger partial charge in [0.2, 0.25) is 10.0 Å².